The van der Waals surface area contributed by atoms with Gasteiger partial charge in [0, 0.05) is 27.5 Å². The largest absolute Gasteiger partial charge is 0.361 e. The molecule has 7 nitrogen and oxygen atoms in total. The summed E-state index contributed by atoms with van der Waals surface area (Å²) in [6.45, 7) is 2.12. The fourth-order valence-corrected chi connectivity index (χ4v) is 5.38. The van der Waals surface area contributed by atoms with Crippen molar-refractivity contribution in [1.29, 1.82) is 0 Å². The number of fused-ring (bicyclic) bond motifs is 4. The predicted octanol–water partition coefficient (Wildman–Crippen LogP) is 3.21. The monoisotopic (exact) mass is 419 g/mol. The van der Waals surface area contributed by atoms with Crippen LogP contribution in [0.4, 0.5) is 0 Å². The SMILES string of the molecule is CC1CCc2c(sc3ncn(CC(=O)NN=Cc4c[nH]c5ccccc45)c(=O)c23)C1. The normalized spacial score (nSPS) is 16.4. The van der Waals surface area contributed by atoms with Crippen LogP contribution in [0.5, 0.6) is 0 Å². The molecule has 1 amide bonds. The van der Waals surface area contributed by atoms with Crippen LogP contribution in [-0.2, 0) is 24.2 Å². The van der Waals surface area contributed by atoms with Gasteiger partial charge in [-0.25, -0.2) is 10.4 Å². The number of H-pyrrole nitrogens is 1. The third kappa shape index (κ3) is 3.33. The molecule has 152 valence electrons. The molecule has 8 heteroatoms. The summed E-state index contributed by atoms with van der Waals surface area (Å²) in [6.07, 6.45) is 7.87. The van der Waals surface area contributed by atoms with Crippen LogP contribution >= 0.6 is 11.3 Å². The molecular formula is C22H21N5O2S. The average Bonchev–Trinajstić information content (AvgIpc) is 3.31. The van der Waals surface area contributed by atoms with E-state index < -0.39 is 0 Å². The Hall–Kier alpha value is -3.26. The van der Waals surface area contributed by atoms with Crippen molar-refractivity contribution < 1.29 is 4.79 Å². The Kier molecular flexibility index (Phi) is 4.71. The number of thiophene rings is 1. The van der Waals surface area contributed by atoms with E-state index in [4.69, 9.17) is 0 Å². The molecule has 4 aromatic rings. The maximum Gasteiger partial charge on any atom is 0.262 e. The fourth-order valence-electron chi connectivity index (χ4n) is 4.04. The Labute approximate surface area is 176 Å². The van der Waals surface area contributed by atoms with Crippen molar-refractivity contribution in [3.8, 4) is 0 Å². The summed E-state index contributed by atoms with van der Waals surface area (Å²) in [6, 6.07) is 7.86. The third-order valence-corrected chi connectivity index (χ3v) is 6.77. The molecule has 1 aromatic carbocycles. The summed E-state index contributed by atoms with van der Waals surface area (Å²) >= 11 is 1.61. The molecule has 0 radical (unpaired) electrons. The molecule has 0 fully saturated rings. The summed E-state index contributed by atoms with van der Waals surface area (Å²) in [5.41, 5.74) is 5.36. The number of hydrazone groups is 1. The van der Waals surface area contributed by atoms with E-state index in [2.05, 4.69) is 27.4 Å². The zero-order valence-corrected chi connectivity index (χ0v) is 17.3. The first-order chi connectivity index (χ1) is 14.6. The van der Waals surface area contributed by atoms with E-state index in [1.54, 1.807) is 17.6 Å². The number of para-hydroxylation sites is 1. The van der Waals surface area contributed by atoms with Crippen molar-refractivity contribution in [2.24, 2.45) is 11.0 Å². The summed E-state index contributed by atoms with van der Waals surface area (Å²) in [7, 11) is 0. The van der Waals surface area contributed by atoms with Gasteiger partial charge in [-0.2, -0.15) is 5.10 Å². The lowest BCUT2D eigenvalue weighted by atomic mass is 9.89. The van der Waals surface area contributed by atoms with E-state index in [1.165, 1.54) is 15.8 Å². The molecule has 1 aliphatic carbocycles. The number of carbonyl (C=O) groups excluding carboxylic acids is 1. The van der Waals surface area contributed by atoms with Crippen LogP contribution in [0, 0.1) is 5.92 Å². The van der Waals surface area contributed by atoms with E-state index in [0.29, 0.717) is 11.3 Å². The van der Waals surface area contributed by atoms with Gasteiger partial charge >= 0.3 is 0 Å². The Morgan fingerprint density at radius 1 is 1.43 bits per heavy atom. The maximum absolute atomic E-state index is 13.0. The topological polar surface area (TPSA) is 92.1 Å². The number of carbonyl (C=O) groups is 1. The highest BCUT2D eigenvalue weighted by Gasteiger charge is 2.23. The predicted molar refractivity (Wildman–Crippen MR) is 119 cm³/mol. The molecular weight excluding hydrogens is 398 g/mol. The van der Waals surface area contributed by atoms with E-state index in [-0.39, 0.29) is 18.0 Å². The quantitative estimate of drug-likeness (QED) is 0.393. The van der Waals surface area contributed by atoms with Gasteiger partial charge in [0.1, 0.15) is 11.4 Å². The second kappa shape index (κ2) is 7.53. The molecule has 30 heavy (non-hydrogen) atoms. The third-order valence-electron chi connectivity index (χ3n) is 5.61. The van der Waals surface area contributed by atoms with Crippen LogP contribution in [0.2, 0.25) is 0 Å². The number of benzene rings is 1. The zero-order valence-electron chi connectivity index (χ0n) is 16.5. The van der Waals surface area contributed by atoms with Crippen LogP contribution in [0.25, 0.3) is 21.1 Å². The number of aromatic amines is 1. The number of rotatable bonds is 4. The second-order valence-corrected chi connectivity index (χ2v) is 8.88. The van der Waals surface area contributed by atoms with Gasteiger partial charge in [0.15, 0.2) is 0 Å². The second-order valence-electron chi connectivity index (χ2n) is 7.79. The fraction of sp³-hybridized carbons (Fsp3) is 0.273. The molecule has 3 heterocycles. The Morgan fingerprint density at radius 3 is 3.20 bits per heavy atom. The summed E-state index contributed by atoms with van der Waals surface area (Å²) < 4.78 is 1.36. The highest BCUT2D eigenvalue weighted by Crippen LogP contribution is 2.35. The lowest BCUT2D eigenvalue weighted by Crippen LogP contribution is -2.30. The van der Waals surface area contributed by atoms with Crippen molar-refractivity contribution in [2.75, 3.05) is 0 Å². The van der Waals surface area contributed by atoms with Gasteiger partial charge in [0.25, 0.3) is 11.5 Å². The van der Waals surface area contributed by atoms with Crippen molar-refractivity contribution in [1.82, 2.24) is 20.0 Å². The van der Waals surface area contributed by atoms with Gasteiger partial charge in [-0.15, -0.1) is 11.3 Å². The van der Waals surface area contributed by atoms with Crippen molar-refractivity contribution in [2.45, 2.75) is 32.7 Å². The van der Waals surface area contributed by atoms with Gasteiger partial charge in [-0.05, 0) is 36.8 Å². The van der Waals surface area contributed by atoms with E-state index >= 15 is 0 Å². The Morgan fingerprint density at radius 2 is 2.30 bits per heavy atom. The van der Waals surface area contributed by atoms with Gasteiger partial charge < -0.3 is 4.98 Å². The number of nitrogens with one attached hydrogen (secondary N) is 2. The molecule has 0 saturated carbocycles. The molecule has 1 aliphatic rings. The van der Waals surface area contributed by atoms with E-state index in [0.717, 1.165) is 46.1 Å². The van der Waals surface area contributed by atoms with Gasteiger partial charge in [0.2, 0.25) is 0 Å². The molecule has 2 N–H and O–H groups in total. The first kappa shape index (κ1) is 18.7. The summed E-state index contributed by atoms with van der Waals surface area (Å²) in [5, 5.41) is 5.75. The number of aromatic nitrogens is 3. The Bertz CT molecular complexity index is 1350. The van der Waals surface area contributed by atoms with Crippen molar-refractivity contribution in [3.63, 3.8) is 0 Å². The molecule has 0 aliphatic heterocycles. The molecule has 3 aromatic heterocycles. The lowest BCUT2D eigenvalue weighted by molar-refractivity contribution is -0.121. The van der Waals surface area contributed by atoms with Crippen LogP contribution in [0.3, 0.4) is 0 Å². The molecule has 1 atom stereocenters. The number of amides is 1. The number of aryl methyl sites for hydroxylation is 1. The maximum atomic E-state index is 13.0. The Balaban J connectivity index is 1.33. The van der Waals surface area contributed by atoms with Crippen molar-refractivity contribution >= 4 is 44.6 Å². The minimum absolute atomic E-state index is 0.117. The highest BCUT2D eigenvalue weighted by molar-refractivity contribution is 7.18. The summed E-state index contributed by atoms with van der Waals surface area (Å²) in [5.74, 6) is 0.264. The lowest BCUT2D eigenvalue weighted by Gasteiger charge is -2.17. The first-order valence-corrected chi connectivity index (χ1v) is 10.8. The van der Waals surface area contributed by atoms with Crippen LogP contribution < -0.4 is 11.0 Å². The highest BCUT2D eigenvalue weighted by atomic mass is 32.1. The first-order valence-electron chi connectivity index (χ1n) is 9.98. The number of hydrogen-bond donors (Lipinski definition) is 2. The molecule has 0 spiro atoms. The van der Waals surface area contributed by atoms with Crippen LogP contribution in [-0.4, -0.2) is 26.7 Å². The molecule has 0 bridgehead atoms. The van der Waals surface area contributed by atoms with Crippen molar-refractivity contribution in [3.05, 3.63) is 63.1 Å². The summed E-state index contributed by atoms with van der Waals surface area (Å²) in [4.78, 5) is 35.0. The standard InChI is InChI=1S/C22H21N5O2S/c1-13-6-7-16-18(8-13)30-21-20(16)22(29)27(12-24-21)11-19(28)26-25-10-14-9-23-17-5-3-2-4-15(14)17/h2-5,9-10,12-13,23H,6-8,11H2,1H3,(H,26,28). The molecule has 0 saturated heterocycles. The molecule has 1 unspecified atom stereocenters. The minimum Gasteiger partial charge on any atom is -0.361 e. The molecule has 5 rings (SSSR count). The van der Waals surface area contributed by atoms with Gasteiger partial charge in [0.05, 0.1) is 17.9 Å². The minimum atomic E-state index is -0.368. The van der Waals surface area contributed by atoms with Gasteiger partial charge in [-0.3, -0.25) is 14.2 Å². The van der Waals surface area contributed by atoms with E-state index in [1.807, 2.05) is 30.5 Å². The van der Waals surface area contributed by atoms with Gasteiger partial charge in [-0.1, -0.05) is 25.1 Å². The average molecular weight is 420 g/mol. The van der Waals surface area contributed by atoms with Crippen LogP contribution in [0.15, 0.2) is 46.7 Å². The van der Waals surface area contributed by atoms with Crippen LogP contribution in [0.1, 0.15) is 29.3 Å². The smallest absolute Gasteiger partial charge is 0.262 e. The number of nitrogens with zero attached hydrogens (tertiary/aromatic N) is 3. The van der Waals surface area contributed by atoms with E-state index in [9.17, 15) is 9.59 Å². The zero-order chi connectivity index (χ0) is 20.7. The number of hydrogen-bond acceptors (Lipinski definition) is 5.